The quantitative estimate of drug-likeness (QED) is 0.813. The molecule has 6 heteroatoms. The van der Waals surface area contributed by atoms with Gasteiger partial charge in [-0.1, -0.05) is 20.8 Å². The largest absolute Gasteiger partial charge is 0.293 e. The van der Waals surface area contributed by atoms with Crippen LogP contribution in [0.2, 0.25) is 0 Å². The smallest absolute Gasteiger partial charge is 0.266 e. The molecule has 1 unspecified atom stereocenters. The van der Waals surface area contributed by atoms with Crippen LogP contribution in [-0.4, -0.2) is 37.2 Å². The Labute approximate surface area is 160 Å². The second kappa shape index (κ2) is 7.15. The van der Waals surface area contributed by atoms with Crippen LogP contribution in [0.1, 0.15) is 69.6 Å². The maximum atomic E-state index is 12.3. The predicted octanol–water partition coefficient (Wildman–Crippen LogP) is 2.87. The highest BCUT2D eigenvalue weighted by molar-refractivity contribution is 5.12. The zero-order valence-corrected chi connectivity index (χ0v) is 16.6. The number of hydrogen-bond donors (Lipinski definition) is 0. The van der Waals surface area contributed by atoms with Crippen molar-refractivity contribution in [3.05, 3.63) is 52.0 Å². The van der Waals surface area contributed by atoms with E-state index in [4.69, 9.17) is 4.98 Å². The maximum Gasteiger partial charge on any atom is 0.266 e. The highest BCUT2D eigenvalue weighted by Crippen LogP contribution is 2.37. The Balaban J connectivity index is 1.49. The molecule has 0 amide bonds. The molecule has 2 fully saturated rings. The summed E-state index contributed by atoms with van der Waals surface area (Å²) < 4.78 is 1.65. The number of aromatic nitrogens is 4. The SMILES string of the molecule is CC(C)(C)c1ccc(=O)n(CC2CCCN2Cc2ccnc(C3CC3)n2)n1. The first-order chi connectivity index (χ1) is 12.9. The van der Waals surface area contributed by atoms with Crippen LogP contribution in [0.3, 0.4) is 0 Å². The summed E-state index contributed by atoms with van der Waals surface area (Å²) in [5, 5.41) is 4.65. The second-order valence-electron chi connectivity index (χ2n) is 8.94. The van der Waals surface area contributed by atoms with E-state index in [2.05, 4.69) is 35.8 Å². The summed E-state index contributed by atoms with van der Waals surface area (Å²) >= 11 is 0. The number of rotatable bonds is 5. The lowest BCUT2D eigenvalue weighted by atomic mass is 9.92. The summed E-state index contributed by atoms with van der Waals surface area (Å²) in [6.07, 6.45) is 6.57. The molecule has 6 nitrogen and oxygen atoms in total. The van der Waals surface area contributed by atoms with Crippen molar-refractivity contribution in [3.63, 3.8) is 0 Å². The van der Waals surface area contributed by atoms with Gasteiger partial charge in [0.05, 0.1) is 17.9 Å². The molecule has 1 atom stereocenters. The van der Waals surface area contributed by atoms with E-state index in [1.807, 2.05) is 18.3 Å². The molecular formula is C21H29N5O. The Morgan fingerprint density at radius 1 is 1.15 bits per heavy atom. The standard InChI is InChI=1S/C21H29N5O/c1-21(2,3)18-8-9-19(27)26(24-18)14-17-5-4-12-25(17)13-16-10-11-22-20(23-16)15-6-7-15/h8-11,15,17H,4-7,12-14H2,1-3H3. The third kappa shape index (κ3) is 4.26. The first-order valence-electron chi connectivity index (χ1n) is 10.0. The molecule has 0 bridgehead atoms. The summed E-state index contributed by atoms with van der Waals surface area (Å²) in [5.74, 6) is 1.57. The Morgan fingerprint density at radius 2 is 1.96 bits per heavy atom. The van der Waals surface area contributed by atoms with Gasteiger partial charge in [0.2, 0.25) is 0 Å². The highest BCUT2D eigenvalue weighted by atomic mass is 16.1. The third-order valence-corrected chi connectivity index (χ3v) is 5.56. The fraction of sp³-hybridized carbons (Fsp3) is 0.619. The van der Waals surface area contributed by atoms with E-state index in [1.54, 1.807) is 10.7 Å². The van der Waals surface area contributed by atoms with Crippen molar-refractivity contribution in [2.24, 2.45) is 0 Å². The predicted molar refractivity (Wildman–Crippen MR) is 105 cm³/mol. The van der Waals surface area contributed by atoms with E-state index in [-0.39, 0.29) is 11.0 Å². The van der Waals surface area contributed by atoms with Crippen molar-refractivity contribution in [3.8, 4) is 0 Å². The number of likely N-dealkylation sites (tertiary alicyclic amines) is 1. The van der Waals surface area contributed by atoms with Gasteiger partial charge < -0.3 is 0 Å². The normalized spacial score (nSPS) is 20.9. The lowest BCUT2D eigenvalue weighted by Gasteiger charge is -2.25. The van der Waals surface area contributed by atoms with Crippen LogP contribution >= 0.6 is 0 Å². The van der Waals surface area contributed by atoms with Gasteiger partial charge in [-0.15, -0.1) is 0 Å². The van der Waals surface area contributed by atoms with Crippen molar-refractivity contribution in [2.75, 3.05) is 6.54 Å². The molecule has 2 aromatic rings. The van der Waals surface area contributed by atoms with Crippen LogP contribution in [0.5, 0.6) is 0 Å². The van der Waals surface area contributed by atoms with E-state index in [0.717, 1.165) is 43.1 Å². The molecule has 0 radical (unpaired) electrons. The molecule has 0 N–H and O–H groups in total. The minimum Gasteiger partial charge on any atom is -0.293 e. The van der Waals surface area contributed by atoms with E-state index < -0.39 is 0 Å². The summed E-state index contributed by atoms with van der Waals surface area (Å²) in [5.41, 5.74) is 1.96. The van der Waals surface area contributed by atoms with Gasteiger partial charge in [-0.3, -0.25) is 9.69 Å². The van der Waals surface area contributed by atoms with Crippen LogP contribution in [0.15, 0.2) is 29.2 Å². The molecule has 1 saturated carbocycles. The molecule has 2 aromatic heterocycles. The van der Waals surface area contributed by atoms with Crippen LogP contribution in [0.4, 0.5) is 0 Å². The molecule has 1 saturated heterocycles. The van der Waals surface area contributed by atoms with Crippen molar-refractivity contribution < 1.29 is 0 Å². The maximum absolute atomic E-state index is 12.3. The molecule has 0 spiro atoms. The average Bonchev–Trinajstić information content (AvgIpc) is 3.39. The van der Waals surface area contributed by atoms with Crippen LogP contribution < -0.4 is 5.56 Å². The zero-order valence-electron chi connectivity index (χ0n) is 16.6. The third-order valence-electron chi connectivity index (χ3n) is 5.56. The van der Waals surface area contributed by atoms with Crippen LogP contribution in [-0.2, 0) is 18.5 Å². The lowest BCUT2D eigenvalue weighted by molar-refractivity contribution is 0.213. The van der Waals surface area contributed by atoms with Gasteiger partial charge in [-0.05, 0) is 44.4 Å². The van der Waals surface area contributed by atoms with Gasteiger partial charge >= 0.3 is 0 Å². The number of nitrogens with zero attached hydrogens (tertiary/aromatic N) is 5. The summed E-state index contributed by atoms with van der Waals surface area (Å²) in [6.45, 7) is 8.88. The topological polar surface area (TPSA) is 63.9 Å². The van der Waals surface area contributed by atoms with Gasteiger partial charge in [0, 0.05) is 36.2 Å². The fourth-order valence-electron chi connectivity index (χ4n) is 3.74. The molecule has 0 aromatic carbocycles. The van der Waals surface area contributed by atoms with Crippen molar-refractivity contribution in [1.29, 1.82) is 0 Å². The Bertz CT molecular complexity index is 865. The molecule has 1 aliphatic heterocycles. The van der Waals surface area contributed by atoms with Crippen LogP contribution in [0, 0.1) is 0 Å². The van der Waals surface area contributed by atoms with Crippen molar-refractivity contribution in [2.45, 2.75) is 76.9 Å². The Morgan fingerprint density at radius 3 is 2.70 bits per heavy atom. The van der Waals surface area contributed by atoms with Crippen molar-refractivity contribution >= 4 is 0 Å². The van der Waals surface area contributed by atoms with Gasteiger partial charge in [-0.25, -0.2) is 14.6 Å². The fourth-order valence-corrected chi connectivity index (χ4v) is 3.74. The van der Waals surface area contributed by atoms with Gasteiger partial charge in [0.25, 0.3) is 5.56 Å². The monoisotopic (exact) mass is 367 g/mol. The average molecular weight is 367 g/mol. The Kier molecular flexibility index (Phi) is 4.84. The molecular weight excluding hydrogens is 338 g/mol. The zero-order chi connectivity index (χ0) is 19.0. The molecule has 4 rings (SSSR count). The van der Waals surface area contributed by atoms with Gasteiger partial charge in [-0.2, -0.15) is 5.10 Å². The van der Waals surface area contributed by atoms with E-state index in [1.165, 1.54) is 12.8 Å². The van der Waals surface area contributed by atoms with Crippen molar-refractivity contribution in [1.82, 2.24) is 24.6 Å². The van der Waals surface area contributed by atoms with E-state index in [9.17, 15) is 4.79 Å². The second-order valence-corrected chi connectivity index (χ2v) is 8.94. The molecule has 1 aliphatic carbocycles. The highest BCUT2D eigenvalue weighted by Gasteiger charge is 2.29. The molecule has 27 heavy (non-hydrogen) atoms. The molecule has 144 valence electrons. The van der Waals surface area contributed by atoms with Crippen LogP contribution in [0.25, 0.3) is 0 Å². The summed E-state index contributed by atoms with van der Waals surface area (Å²) in [4.78, 5) is 24.0. The minimum atomic E-state index is -0.0645. The minimum absolute atomic E-state index is 0.0205. The molecule has 2 aliphatic rings. The first-order valence-corrected chi connectivity index (χ1v) is 10.0. The Hall–Kier alpha value is -2.08. The number of hydrogen-bond acceptors (Lipinski definition) is 5. The summed E-state index contributed by atoms with van der Waals surface area (Å²) in [6, 6.07) is 5.85. The summed E-state index contributed by atoms with van der Waals surface area (Å²) in [7, 11) is 0. The van der Waals surface area contributed by atoms with Gasteiger partial charge in [0.1, 0.15) is 5.82 Å². The first kappa shape index (κ1) is 18.3. The lowest BCUT2D eigenvalue weighted by Crippen LogP contribution is -2.37. The van der Waals surface area contributed by atoms with E-state index >= 15 is 0 Å². The van der Waals surface area contributed by atoms with Gasteiger partial charge in [0.15, 0.2) is 0 Å². The molecule has 3 heterocycles. The van der Waals surface area contributed by atoms with E-state index in [0.29, 0.717) is 18.5 Å².